The van der Waals surface area contributed by atoms with Gasteiger partial charge in [-0.3, -0.25) is 5.10 Å². The fourth-order valence-electron chi connectivity index (χ4n) is 4.38. The molecule has 3 fully saturated rings. The number of rotatable bonds is 3. The lowest BCUT2D eigenvalue weighted by molar-refractivity contribution is 0.456. The second kappa shape index (κ2) is 3.10. The molecule has 0 amide bonds. The van der Waals surface area contributed by atoms with Gasteiger partial charge in [-0.15, -0.1) is 0 Å². The molecule has 0 saturated heterocycles. The summed E-state index contributed by atoms with van der Waals surface area (Å²) < 4.78 is 0. The van der Waals surface area contributed by atoms with Gasteiger partial charge in [-0.2, -0.15) is 5.10 Å². The highest BCUT2D eigenvalue weighted by Crippen LogP contribution is 2.65. The molecule has 3 aliphatic carbocycles. The Labute approximate surface area is 96.0 Å². The molecule has 1 heterocycles. The van der Waals surface area contributed by atoms with Crippen molar-refractivity contribution in [2.75, 3.05) is 0 Å². The summed E-state index contributed by atoms with van der Waals surface area (Å²) in [5.41, 5.74) is 2.54. The van der Waals surface area contributed by atoms with Crippen LogP contribution in [0.3, 0.4) is 0 Å². The minimum atomic E-state index is 0.834. The molecule has 86 valence electrons. The van der Waals surface area contributed by atoms with E-state index in [2.05, 4.69) is 22.4 Å². The summed E-state index contributed by atoms with van der Waals surface area (Å²) in [5.74, 6) is 4.20. The number of aryl methyl sites for hydroxylation is 1. The van der Waals surface area contributed by atoms with Gasteiger partial charge in [0.2, 0.25) is 0 Å². The predicted molar refractivity (Wildman–Crippen MR) is 61.8 cm³/mol. The first-order valence-electron chi connectivity index (χ1n) is 6.57. The topological polar surface area (TPSA) is 40.7 Å². The highest BCUT2D eigenvalue weighted by Gasteiger charge is 2.64. The van der Waals surface area contributed by atoms with E-state index >= 15 is 0 Å². The van der Waals surface area contributed by atoms with Gasteiger partial charge in [-0.25, -0.2) is 0 Å². The van der Waals surface area contributed by atoms with Crippen LogP contribution < -0.4 is 5.32 Å². The van der Waals surface area contributed by atoms with E-state index in [1.165, 1.54) is 30.5 Å². The van der Waals surface area contributed by atoms with Crippen molar-refractivity contribution in [3.05, 3.63) is 17.5 Å². The molecule has 1 aromatic heterocycles. The van der Waals surface area contributed by atoms with Gasteiger partial charge in [0.1, 0.15) is 0 Å². The number of H-pyrrole nitrogens is 1. The lowest BCUT2D eigenvalue weighted by Gasteiger charge is -2.09. The van der Waals surface area contributed by atoms with Gasteiger partial charge >= 0.3 is 0 Å². The standard InChI is InChI=1S/C13H19N3/c1-7-10(6-15-16-7)5-14-13-11-8-2-3-9(4-8)12(11)13/h6,8-9,11-14H,2-5H2,1H3,(H,15,16). The first-order valence-corrected chi connectivity index (χ1v) is 6.57. The second-order valence-electron chi connectivity index (χ2n) is 5.91. The van der Waals surface area contributed by atoms with Gasteiger partial charge in [0.25, 0.3) is 0 Å². The molecule has 1 aromatic rings. The Kier molecular flexibility index (Phi) is 1.79. The summed E-state index contributed by atoms with van der Waals surface area (Å²) in [6, 6.07) is 0.834. The summed E-state index contributed by atoms with van der Waals surface area (Å²) >= 11 is 0. The van der Waals surface area contributed by atoms with Crippen molar-refractivity contribution in [3.63, 3.8) is 0 Å². The fraction of sp³-hybridized carbons (Fsp3) is 0.769. The molecule has 2 N–H and O–H groups in total. The molecule has 2 bridgehead atoms. The molecule has 0 radical (unpaired) electrons. The predicted octanol–water partition coefficient (Wildman–Crippen LogP) is 1.85. The van der Waals surface area contributed by atoms with Crippen molar-refractivity contribution in [1.29, 1.82) is 0 Å². The van der Waals surface area contributed by atoms with E-state index in [0.29, 0.717) is 0 Å². The number of hydrogen-bond acceptors (Lipinski definition) is 2. The smallest absolute Gasteiger partial charge is 0.0535 e. The van der Waals surface area contributed by atoms with Crippen molar-refractivity contribution in [2.24, 2.45) is 23.7 Å². The van der Waals surface area contributed by atoms with Gasteiger partial charge in [0.15, 0.2) is 0 Å². The zero-order valence-electron chi connectivity index (χ0n) is 9.74. The number of hydrogen-bond donors (Lipinski definition) is 2. The van der Waals surface area contributed by atoms with Crippen molar-refractivity contribution in [3.8, 4) is 0 Å². The molecular formula is C13H19N3. The van der Waals surface area contributed by atoms with E-state index in [1.807, 2.05) is 6.20 Å². The van der Waals surface area contributed by atoms with Crippen LogP contribution in [0.1, 0.15) is 30.5 Å². The van der Waals surface area contributed by atoms with Crippen molar-refractivity contribution < 1.29 is 0 Å². The maximum absolute atomic E-state index is 4.07. The number of nitrogens with one attached hydrogen (secondary N) is 2. The molecule has 4 rings (SSSR count). The Bertz CT molecular complexity index is 395. The van der Waals surface area contributed by atoms with Crippen LogP contribution in [0.5, 0.6) is 0 Å². The van der Waals surface area contributed by atoms with Crippen molar-refractivity contribution in [1.82, 2.24) is 15.5 Å². The molecular weight excluding hydrogens is 198 g/mol. The van der Waals surface area contributed by atoms with Gasteiger partial charge in [-0.1, -0.05) is 0 Å². The first-order chi connectivity index (χ1) is 7.84. The highest BCUT2D eigenvalue weighted by molar-refractivity contribution is 5.19. The third-order valence-electron chi connectivity index (χ3n) is 5.20. The quantitative estimate of drug-likeness (QED) is 0.811. The number of aromatic nitrogens is 2. The Morgan fingerprint density at radius 2 is 2.12 bits per heavy atom. The minimum Gasteiger partial charge on any atom is -0.309 e. The Balaban J connectivity index is 1.39. The van der Waals surface area contributed by atoms with E-state index in [4.69, 9.17) is 0 Å². The first kappa shape index (κ1) is 9.23. The maximum Gasteiger partial charge on any atom is 0.0535 e. The molecule has 16 heavy (non-hydrogen) atoms. The molecule has 4 unspecified atom stereocenters. The van der Waals surface area contributed by atoms with Crippen LogP contribution in [0.4, 0.5) is 0 Å². The largest absolute Gasteiger partial charge is 0.309 e. The Morgan fingerprint density at radius 3 is 2.75 bits per heavy atom. The average molecular weight is 217 g/mol. The number of aromatic amines is 1. The molecule has 0 aliphatic heterocycles. The third-order valence-corrected chi connectivity index (χ3v) is 5.20. The van der Waals surface area contributed by atoms with Gasteiger partial charge in [0.05, 0.1) is 6.20 Å². The molecule has 3 saturated carbocycles. The van der Waals surface area contributed by atoms with Crippen LogP contribution in [-0.2, 0) is 6.54 Å². The lowest BCUT2D eigenvalue weighted by Crippen LogP contribution is -2.22. The summed E-state index contributed by atoms with van der Waals surface area (Å²) in [6.07, 6.45) is 6.51. The van der Waals surface area contributed by atoms with Gasteiger partial charge in [-0.05, 0) is 49.9 Å². The third kappa shape index (κ3) is 1.15. The van der Waals surface area contributed by atoms with Gasteiger partial charge in [0, 0.05) is 23.8 Å². The van der Waals surface area contributed by atoms with E-state index in [-0.39, 0.29) is 0 Å². The van der Waals surface area contributed by atoms with E-state index < -0.39 is 0 Å². The monoisotopic (exact) mass is 217 g/mol. The Hall–Kier alpha value is -0.830. The summed E-state index contributed by atoms with van der Waals surface area (Å²) in [4.78, 5) is 0. The molecule has 0 spiro atoms. The Morgan fingerprint density at radius 1 is 1.38 bits per heavy atom. The molecule has 0 aromatic carbocycles. The maximum atomic E-state index is 4.07. The van der Waals surface area contributed by atoms with Crippen LogP contribution in [0.2, 0.25) is 0 Å². The van der Waals surface area contributed by atoms with E-state index in [1.54, 1.807) is 0 Å². The van der Waals surface area contributed by atoms with Crippen LogP contribution in [-0.4, -0.2) is 16.2 Å². The number of fused-ring (bicyclic) bond motifs is 5. The molecule has 3 aliphatic rings. The average Bonchev–Trinajstić information content (AvgIpc) is 2.70. The van der Waals surface area contributed by atoms with E-state index in [0.717, 1.165) is 36.3 Å². The van der Waals surface area contributed by atoms with Crippen molar-refractivity contribution in [2.45, 2.75) is 38.8 Å². The SMILES string of the molecule is Cc1[nH]ncc1CNC1C2C3CCC(C3)C12. The minimum absolute atomic E-state index is 0.834. The molecule has 4 atom stereocenters. The summed E-state index contributed by atoms with van der Waals surface area (Å²) in [6.45, 7) is 3.10. The van der Waals surface area contributed by atoms with Crippen LogP contribution in [0.15, 0.2) is 6.20 Å². The molecule has 3 heteroatoms. The van der Waals surface area contributed by atoms with E-state index in [9.17, 15) is 0 Å². The van der Waals surface area contributed by atoms with Crippen LogP contribution in [0, 0.1) is 30.6 Å². The number of nitrogens with zero attached hydrogens (tertiary/aromatic N) is 1. The zero-order valence-corrected chi connectivity index (χ0v) is 9.74. The van der Waals surface area contributed by atoms with Gasteiger partial charge < -0.3 is 5.32 Å². The van der Waals surface area contributed by atoms with Crippen LogP contribution in [0.25, 0.3) is 0 Å². The lowest BCUT2D eigenvalue weighted by atomic mass is 10.0. The second-order valence-corrected chi connectivity index (χ2v) is 5.91. The normalized spacial score (nSPS) is 43.7. The van der Waals surface area contributed by atoms with Crippen LogP contribution >= 0.6 is 0 Å². The fourth-order valence-corrected chi connectivity index (χ4v) is 4.38. The summed E-state index contributed by atoms with van der Waals surface area (Å²) in [5, 5.41) is 10.8. The zero-order chi connectivity index (χ0) is 10.7. The highest BCUT2D eigenvalue weighted by atomic mass is 15.1. The summed E-state index contributed by atoms with van der Waals surface area (Å²) in [7, 11) is 0. The van der Waals surface area contributed by atoms with Crippen molar-refractivity contribution >= 4 is 0 Å². The molecule has 3 nitrogen and oxygen atoms in total.